The summed E-state index contributed by atoms with van der Waals surface area (Å²) in [6, 6.07) is 13.6. The maximum absolute atomic E-state index is 12.2. The molecule has 136 valence electrons. The average Bonchev–Trinajstić information content (AvgIpc) is 2.97. The molecule has 3 aromatic rings. The highest BCUT2D eigenvalue weighted by atomic mass is 35.5. The smallest absolute Gasteiger partial charge is 0.340 e. The number of hydrogen-bond acceptors (Lipinski definition) is 6. The molecule has 7 nitrogen and oxygen atoms in total. The number of aliphatic hydroxyl groups excluding tert-OH is 1. The second-order valence-electron chi connectivity index (χ2n) is 5.72. The van der Waals surface area contributed by atoms with Crippen LogP contribution >= 0.6 is 11.6 Å². The first kappa shape index (κ1) is 18.3. The molecule has 0 radical (unpaired) electrons. The fourth-order valence-corrected chi connectivity index (χ4v) is 2.80. The molecular weight excluding hydrogens is 368 g/mol. The molecule has 3 rings (SSSR count). The molecule has 2 aromatic carbocycles. The van der Waals surface area contributed by atoms with Gasteiger partial charge in [0.15, 0.2) is 11.6 Å². The summed E-state index contributed by atoms with van der Waals surface area (Å²) in [6.07, 6.45) is 0. The lowest BCUT2D eigenvalue weighted by atomic mass is 10.2. The molecule has 0 spiro atoms. The molecule has 8 heteroatoms. The molecule has 0 amide bonds. The van der Waals surface area contributed by atoms with Gasteiger partial charge in [-0.3, -0.25) is 0 Å². The van der Waals surface area contributed by atoms with Crippen LogP contribution in [0.25, 0.3) is 16.6 Å². The van der Waals surface area contributed by atoms with Gasteiger partial charge in [0.2, 0.25) is 0 Å². The number of hydrogen-bond donors (Lipinski definition) is 2. The van der Waals surface area contributed by atoms with Crippen LogP contribution in [-0.2, 0) is 11.8 Å². The molecule has 3 N–H and O–H groups in total. The normalized spacial score (nSPS) is 11.7. The van der Waals surface area contributed by atoms with Gasteiger partial charge in [-0.05, 0) is 30.3 Å². The number of carbonyl (C=O) groups excluding carboxylic acids is 1. The molecule has 0 unspecified atom stereocenters. The van der Waals surface area contributed by atoms with Crippen LogP contribution in [0.15, 0.2) is 48.2 Å². The SMILES string of the molecule is Cn1c(/C(C#N)=C(\O)COC(=O)c2ccc(Cl)cc2N)nc2ccccc21. The van der Waals surface area contributed by atoms with Crippen LogP contribution in [0, 0.1) is 11.3 Å². The first-order chi connectivity index (χ1) is 12.9. The molecular formula is C19H15ClN4O3. The number of halogens is 1. The molecule has 0 bridgehead atoms. The van der Waals surface area contributed by atoms with E-state index in [1.165, 1.54) is 18.2 Å². The zero-order chi connectivity index (χ0) is 19.6. The van der Waals surface area contributed by atoms with E-state index in [2.05, 4.69) is 4.98 Å². The number of rotatable bonds is 4. The number of anilines is 1. The average molecular weight is 383 g/mol. The minimum atomic E-state index is -0.738. The van der Waals surface area contributed by atoms with Crippen molar-refractivity contribution in [1.82, 2.24) is 9.55 Å². The summed E-state index contributed by atoms with van der Waals surface area (Å²) in [5, 5.41) is 20.1. The van der Waals surface area contributed by atoms with E-state index in [4.69, 9.17) is 22.1 Å². The lowest BCUT2D eigenvalue weighted by molar-refractivity contribution is 0.0504. The van der Waals surface area contributed by atoms with Gasteiger partial charge in [0, 0.05) is 17.8 Å². The van der Waals surface area contributed by atoms with E-state index >= 15 is 0 Å². The summed E-state index contributed by atoms with van der Waals surface area (Å²) in [5.74, 6) is -0.868. The third-order valence-electron chi connectivity index (χ3n) is 3.98. The van der Waals surface area contributed by atoms with E-state index in [1.54, 1.807) is 17.7 Å². The Morgan fingerprint density at radius 1 is 1.37 bits per heavy atom. The van der Waals surface area contributed by atoms with Crippen molar-refractivity contribution in [3.8, 4) is 6.07 Å². The standard InChI is InChI=1S/C19H15ClN4O3/c1-24-16-5-3-2-4-15(16)23-18(24)13(9-21)17(25)10-27-19(26)12-7-6-11(20)8-14(12)22/h2-8,25H,10,22H2,1H3/b17-13-. The van der Waals surface area contributed by atoms with Crippen LogP contribution < -0.4 is 5.73 Å². The van der Waals surface area contributed by atoms with E-state index < -0.39 is 18.3 Å². The fraction of sp³-hybridized carbons (Fsp3) is 0.105. The Hall–Kier alpha value is -3.50. The number of esters is 1. The number of fused-ring (bicyclic) bond motifs is 1. The number of para-hydroxylation sites is 2. The van der Waals surface area contributed by atoms with Gasteiger partial charge in [-0.25, -0.2) is 9.78 Å². The third-order valence-corrected chi connectivity index (χ3v) is 4.22. The van der Waals surface area contributed by atoms with Crippen molar-refractivity contribution < 1.29 is 14.6 Å². The molecule has 0 atom stereocenters. The van der Waals surface area contributed by atoms with Crippen molar-refractivity contribution >= 4 is 39.9 Å². The zero-order valence-corrected chi connectivity index (χ0v) is 15.1. The van der Waals surface area contributed by atoms with Crippen molar-refractivity contribution in [3.63, 3.8) is 0 Å². The zero-order valence-electron chi connectivity index (χ0n) is 14.3. The largest absolute Gasteiger partial charge is 0.507 e. The van der Waals surface area contributed by atoms with E-state index in [-0.39, 0.29) is 22.6 Å². The number of nitriles is 1. The molecule has 27 heavy (non-hydrogen) atoms. The first-order valence-electron chi connectivity index (χ1n) is 7.88. The molecule has 0 aliphatic rings. The van der Waals surface area contributed by atoms with Gasteiger partial charge >= 0.3 is 5.97 Å². The minimum Gasteiger partial charge on any atom is -0.507 e. The minimum absolute atomic E-state index is 0.0782. The molecule has 1 aromatic heterocycles. The van der Waals surface area contributed by atoms with Gasteiger partial charge in [-0.1, -0.05) is 23.7 Å². The maximum Gasteiger partial charge on any atom is 0.340 e. The Labute approximate surface area is 159 Å². The summed E-state index contributed by atoms with van der Waals surface area (Å²) >= 11 is 5.80. The van der Waals surface area contributed by atoms with Gasteiger partial charge in [0.05, 0.1) is 16.6 Å². The lowest BCUT2D eigenvalue weighted by Gasteiger charge is -2.08. The molecule has 0 fully saturated rings. The van der Waals surface area contributed by atoms with Crippen LogP contribution in [-0.4, -0.2) is 27.2 Å². The van der Waals surface area contributed by atoms with Gasteiger partial charge in [-0.15, -0.1) is 0 Å². The predicted octanol–water partition coefficient (Wildman–Crippen LogP) is 3.46. The Balaban J connectivity index is 1.86. The number of nitrogens with zero attached hydrogens (tertiary/aromatic N) is 3. The Morgan fingerprint density at radius 3 is 2.78 bits per heavy atom. The number of allylic oxidation sites excluding steroid dienone is 1. The second kappa shape index (κ2) is 7.40. The monoisotopic (exact) mass is 382 g/mol. The summed E-state index contributed by atoms with van der Waals surface area (Å²) < 4.78 is 6.75. The van der Waals surface area contributed by atoms with Crippen molar-refractivity contribution in [1.29, 1.82) is 5.26 Å². The number of imidazole rings is 1. The third kappa shape index (κ3) is 3.57. The quantitative estimate of drug-likeness (QED) is 0.309. The van der Waals surface area contributed by atoms with Gasteiger partial charge in [0.25, 0.3) is 0 Å². The molecule has 0 saturated heterocycles. The highest BCUT2D eigenvalue weighted by molar-refractivity contribution is 6.31. The number of carbonyl (C=O) groups is 1. The predicted molar refractivity (Wildman–Crippen MR) is 102 cm³/mol. The number of nitrogen functional groups attached to an aromatic ring is 1. The number of aliphatic hydroxyl groups is 1. The van der Waals surface area contributed by atoms with E-state index in [0.717, 1.165) is 5.52 Å². The van der Waals surface area contributed by atoms with Crippen LogP contribution in [0.2, 0.25) is 5.02 Å². The lowest BCUT2D eigenvalue weighted by Crippen LogP contribution is -2.11. The number of benzene rings is 2. The van der Waals surface area contributed by atoms with E-state index in [1.807, 2.05) is 24.3 Å². The number of aryl methyl sites for hydroxylation is 1. The number of aromatic nitrogens is 2. The Morgan fingerprint density at radius 2 is 2.11 bits per heavy atom. The molecule has 0 aliphatic heterocycles. The molecule has 0 aliphatic carbocycles. The summed E-state index contributed by atoms with van der Waals surface area (Å²) in [4.78, 5) is 16.5. The van der Waals surface area contributed by atoms with Gasteiger partial charge in [-0.2, -0.15) is 5.26 Å². The topological polar surface area (TPSA) is 114 Å². The summed E-state index contributed by atoms with van der Waals surface area (Å²) in [6.45, 7) is -0.493. The van der Waals surface area contributed by atoms with Gasteiger partial charge in [0.1, 0.15) is 18.2 Å². The summed E-state index contributed by atoms with van der Waals surface area (Å²) in [7, 11) is 1.73. The molecule has 0 saturated carbocycles. The first-order valence-corrected chi connectivity index (χ1v) is 8.26. The van der Waals surface area contributed by atoms with Crippen LogP contribution in [0.1, 0.15) is 16.2 Å². The maximum atomic E-state index is 12.2. The van der Waals surface area contributed by atoms with Crippen molar-refractivity contribution in [2.75, 3.05) is 12.3 Å². The highest BCUT2D eigenvalue weighted by Gasteiger charge is 2.18. The van der Waals surface area contributed by atoms with E-state index in [0.29, 0.717) is 10.5 Å². The Bertz CT molecular complexity index is 1110. The number of ether oxygens (including phenoxy) is 1. The van der Waals surface area contributed by atoms with Crippen LogP contribution in [0.3, 0.4) is 0 Å². The highest BCUT2D eigenvalue weighted by Crippen LogP contribution is 2.23. The number of nitrogens with two attached hydrogens (primary N) is 1. The van der Waals surface area contributed by atoms with Gasteiger partial charge < -0.3 is 20.1 Å². The molecule has 1 heterocycles. The van der Waals surface area contributed by atoms with Crippen molar-refractivity contribution in [3.05, 3.63) is 64.6 Å². The Kier molecular flexibility index (Phi) is 5.01. The second-order valence-corrected chi connectivity index (χ2v) is 6.16. The van der Waals surface area contributed by atoms with E-state index in [9.17, 15) is 15.2 Å². The van der Waals surface area contributed by atoms with Crippen molar-refractivity contribution in [2.45, 2.75) is 0 Å². The van der Waals surface area contributed by atoms with Crippen LogP contribution in [0.4, 0.5) is 5.69 Å². The van der Waals surface area contributed by atoms with Crippen molar-refractivity contribution in [2.24, 2.45) is 7.05 Å². The fourth-order valence-electron chi connectivity index (χ4n) is 2.62. The summed E-state index contributed by atoms with van der Waals surface area (Å²) in [5.41, 5.74) is 7.43. The van der Waals surface area contributed by atoms with Crippen LogP contribution in [0.5, 0.6) is 0 Å².